The Balaban J connectivity index is 1.86. The molecule has 0 unspecified atom stereocenters. The maximum Gasteiger partial charge on any atom is 0.200 e. The maximum absolute atomic E-state index is 5.19. The number of hydrogen-bond acceptors (Lipinski definition) is 6. The topological polar surface area (TPSA) is 68.4 Å². The lowest BCUT2D eigenvalue weighted by Gasteiger charge is -2.23. The number of rotatable bonds is 6. The van der Waals surface area contributed by atoms with Gasteiger partial charge in [-0.3, -0.25) is 0 Å². The zero-order valence-corrected chi connectivity index (χ0v) is 11.8. The highest BCUT2D eigenvalue weighted by Gasteiger charge is 2.10. The SMILES string of the molecule is COCCN(Cc1ccccc1)c1ccc2nnnn2n1. The van der Waals surface area contributed by atoms with E-state index in [2.05, 4.69) is 37.7 Å². The average Bonchev–Trinajstić information content (AvgIpc) is 3.00. The molecule has 0 saturated heterocycles. The van der Waals surface area contributed by atoms with E-state index in [1.807, 2.05) is 30.3 Å². The van der Waals surface area contributed by atoms with Gasteiger partial charge in [0.1, 0.15) is 0 Å². The van der Waals surface area contributed by atoms with Gasteiger partial charge in [0.05, 0.1) is 6.61 Å². The summed E-state index contributed by atoms with van der Waals surface area (Å²) in [5, 5.41) is 15.7. The molecule has 2 aromatic heterocycles. The fraction of sp³-hybridized carbons (Fsp3) is 0.286. The van der Waals surface area contributed by atoms with E-state index in [-0.39, 0.29) is 0 Å². The average molecular weight is 284 g/mol. The highest BCUT2D eigenvalue weighted by molar-refractivity contribution is 5.44. The van der Waals surface area contributed by atoms with E-state index in [0.29, 0.717) is 12.3 Å². The van der Waals surface area contributed by atoms with Gasteiger partial charge in [-0.2, -0.15) is 0 Å². The van der Waals surface area contributed by atoms with Gasteiger partial charge in [-0.05, 0) is 28.1 Å². The van der Waals surface area contributed by atoms with Crippen LogP contribution < -0.4 is 4.90 Å². The summed E-state index contributed by atoms with van der Waals surface area (Å²) in [6.45, 7) is 2.12. The molecule has 0 N–H and O–H groups in total. The lowest BCUT2D eigenvalue weighted by atomic mass is 10.2. The van der Waals surface area contributed by atoms with Crippen LogP contribution in [0.1, 0.15) is 5.56 Å². The molecule has 0 aliphatic carbocycles. The highest BCUT2D eigenvalue weighted by Crippen LogP contribution is 2.14. The summed E-state index contributed by atoms with van der Waals surface area (Å²) in [6.07, 6.45) is 0. The van der Waals surface area contributed by atoms with Gasteiger partial charge in [-0.15, -0.1) is 14.8 Å². The standard InChI is InChI=1S/C14H16N6O/c1-21-10-9-19(11-12-5-3-2-4-6-12)14-8-7-13-15-17-18-20(13)16-14/h2-8H,9-11H2,1H3. The lowest BCUT2D eigenvalue weighted by Crippen LogP contribution is -2.28. The summed E-state index contributed by atoms with van der Waals surface area (Å²) >= 11 is 0. The predicted molar refractivity (Wildman–Crippen MR) is 77.9 cm³/mol. The van der Waals surface area contributed by atoms with Crippen LogP contribution in [0.3, 0.4) is 0 Å². The van der Waals surface area contributed by atoms with Crippen LogP contribution in [-0.2, 0) is 11.3 Å². The second-order valence-electron chi connectivity index (χ2n) is 4.62. The molecule has 0 spiro atoms. The third kappa shape index (κ3) is 3.14. The normalized spacial score (nSPS) is 10.9. The number of benzene rings is 1. The molecule has 0 saturated carbocycles. The Labute approximate surface area is 122 Å². The van der Waals surface area contributed by atoms with Gasteiger partial charge in [0.25, 0.3) is 0 Å². The molecule has 21 heavy (non-hydrogen) atoms. The van der Waals surface area contributed by atoms with Crippen LogP contribution in [0.4, 0.5) is 5.82 Å². The Bertz CT molecular complexity index is 699. The van der Waals surface area contributed by atoms with Crippen LogP contribution >= 0.6 is 0 Å². The van der Waals surface area contributed by atoms with Gasteiger partial charge in [0.15, 0.2) is 11.5 Å². The molecular formula is C14H16N6O. The first-order valence-electron chi connectivity index (χ1n) is 6.70. The van der Waals surface area contributed by atoms with Crippen LogP contribution in [0.2, 0.25) is 0 Å². The van der Waals surface area contributed by atoms with Crippen molar-refractivity contribution in [3.8, 4) is 0 Å². The Morgan fingerprint density at radius 2 is 2.00 bits per heavy atom. The summed E-state index contributed by atoms with van der Waals surface area (Å²) in [5.41, 5.74) is 1.84. The number of aromatic nitrogens is 5. The monoisotopic (exact) mass is 284 g/mol. The summed E-state index contributed by atoms with van der Waals surface area (Å²) < 4.78 is 6.62. The quantitative estimate of drug-likeness (QED) is 0.677. The third-order valence-corrected chi connectivity index (χ3v) is 3.16. The molecule has 0 bridgehead atoms. The van der Waals surface area contributed by atoms with Crippen molar-refractivity contribution < 1.29 is 4.74 Å². The van der Waals surface area contributed by atoms with E-state index in [1.165, 1.54) is 10.2 Å². The van der Waals surface area contributed by atoms with Crippen LogP contribution in [0.15, 0.2) is 42.5 Å². The van der Waals surface area contributed by atoms with E-state index in [9.17, 15) is 0 Å². The summed E-state index contributed by atoms with van der Waals surface area (Å²) in [5.74, 6) is 0.815. The van der Waals surface area contributed by atoms with Crippen molar-refractivity contribution >= 4 is 11.5 Å². The zero-order valence-electron chi connectivity index (χ0n) is 11.8. The van der Waals surface area contributed by atoms with Crippen LogP contribution in [0, 0.1) is 0 Å². The van der Waals surface area contributed by atoms with Crippen LogP contribution in [0.5, 0.6) is 0 Å². The van der Waals surface area contributed by atoms with E-state index < -0.39 is 0 Å². The predicted octanol–water partition coefficient (Wildman–Crippen LogP) is 1.17. The number of ether oxygens (including phenoxy) is 1. The van der Waals surface area contributed by atoms with Gasteiger partial charge in [-0.25, -0.2) is 0 Å². The molecule has 3 aromatic rings. The van der Waals surface area contributed by atoms with Gasteiger partial charge < -0.3 is 9.64 Å². The molecular weight excluding hydrogens is 268 g/mol. The first-order valence-corrected chi connectivity index (χ1v) is 6.70. The number of tetrazole rings is 1. The molecule has 0 amide bonds. The minimum Gasteiger partial charge on any atom is -0.383 e. The van der Waals surface area contributed by atoms with Crippen LogP contribution in [-0.4, -0.2) is 45.5 Å². The largest absolute Gasteiger partial charge is 0.383 e. The molecule has 0 fully saturated rings. The van der Waals surface area contributed by atoms with Gasteiger partial charge >= 0.3 is 0 Å². The first kappa shape index (κ1) is 13.4. The van der Waals surface area contributed by atoms with Gasteiger partial charge in [-0.1, -0.05) is 30.3 Å². The Morgan fingerprint density at radius 3 is 2.81 bits per heavy atom. The van der Waals surface area contributed by atoms with Crippen molar-refractivity contribution in [1.82, 2.24) is 25.3 Å². The maximum atomic E-state index is 5.19. The van der Waals surface area contributed by atoms with Gasteiger partial charge in [0.2, 0.25) is 0 Å². The summed E-state index contributed by atoms with van der Waals surface area (Å²) in [4.78, 5) is 2.14. The van der Waals surface area contributed by atoms with Crippen molar-refractivity contribution in [2.45, 2.75) is 6.54 Å². The lowest BCUT2D eigenvalue weighted by molar-refractivity contribution is 0.204. The van der Waals surface area contributed by atoms with Crippen molar-refractivity contribution in [3.05, 3.63) is 48.0 Å². The number of nitrogens with zero attached hydrogens (tertiary/aromatic N) is 6. The number of methoxy groups -OCH3 is 1. The molecule has 0 radical (unpaired) electrons. The van der Waals surface area contributed by atoms with E-state index in [4.69, 9.17) is 4.74 Å². The van der Waals surface area contributed by atoms with E-state index in [0.717, 1.165) is 18.9 Å². The minimum absolute atomic E-state index is 0.627. The molecule has 1 aromatic carbocycles. The van der Waals surface area contributed by atoms with E-state index in [1.54, 1.807) is 7.11 Å². The fourth-order valence-electron chi connectivity index (χ4n) is 2.09. The highest BCUT2D eigenvalue weighted by atomic mass is 16.5. The van der Waals surface area contributed by atoms with Crippen molar-refractivity contribution in [3.63, 3.8) is 0 Å². The Kier molecular flexibility index (Phi) is 4.02. The molecule has 2 heterocycles. The number of hydrogen-bond donors (Lipinski definition) is 0. The summed E-state index contributed by atoms with van der Waals surface area (Å²) in [6, 6.07) is 14.0. The molecule has 0 aliphatic heterocycles. The van der Waals surface area contributed by atoms with Crippen LogP contribution in [0.25, 0.3) is 5.65 Å². The van der Waals surface area contributed by atoms with E-state index >= 15 is 0 Å². The molecule has 0 atom stereocenters. The molecule has 0 aliphatic rings. The Morgan fingerprint density at radius 1 is 1.14 bits per heavy atom. The van der Waals surface area contributed by atoms with Crippen molar-refractivity contribution in [2.24, 2.45) is 0 Å². The summed E-state index contributed by atoms with van der Waals surface area (Å²) in [7, 11) is 1.69. The second kappa shape index (κ2) is 6.27. The second-order valence-corrected chi connectivity index (χ2v) is 4.62. The first-order chi connectivity index (χ1) is 10.4. The fourth-order valence-corrected chi connectivity index (χ4v) is 2.09. The number of fused-ring (bicyclic) bond motifs is 1. The molecule has 7 nitrogen and oxygen atoms in total. The van der Waals surface area contributed by atoms with Crippen molar-refractivity contribution in [1.29, 1.82) is 0 Å². The molecule has 7 heteroatoms. The minimum atomic E-state index is 0.627. The van der Waals surface area contributed by atoms with Gasteiger partial charge in [0, 0.05) is 20.2 Å². The third-order valence-electron chi connectivity index (χ3n) is 3.16. The molecule has 3 rings (SSSR count). The smallest absolute Gasteiger partial charge is 0.200 e. The number of anilines is 1. The Hall–Kier alpha value is -2.54. The van der Waals surface area contributed by atoms with Crippen molar-refractivity contribution in [2.75, 3.05) is 25.2 Å². The molecule has 108 valence electrons. The zero-order chi connectivity index (χ0) is 14.5.